The third-order valence-corrected chi connectivity index (χ3v) is 14.3. The van der Waals surface area contributed by atoms with Crippen molar-refractivity contribution in [2.75, 3.05) is 0 Å². The van der Waals surface area contributed by atoms with Crippen LogP contribution in [0.25, 0.3) is 11.1 Å². The van der Waals surface area contributed by atoms with Gasteiger partial charge < -0.3 is 4.43 Å². The van der Waals surface area contributed by atoms with Crippen molar-refractivity contribution in [2.24, 2.45) is 5.41 Å². The minimum atomic E-state index is -2.14. The van der Waals surface area contributed by atoms with E-state index in [1.165, 1.54) is 12.1 Å². The third-order valence-electron chi connectivity index (χ3n) is 9.18. The largest absolute Gasteiger partial charge is 0.410 e. The highest BCUT2D eigenvalue weighted by Gasteiger charge is 2.45. The van der Waals surface area contributed by atoms with Crippen molar-refractivity contribution in [3.8, 4) is 11.1 Å². The number of hydrogen-bond acceptors (Lipinski definition) is 4. The van der Waals surface area contributed by atoms with Gasteiger partial charge in [0.1, 0.15) is 5.82 Å². The van der Waals surface area contributed by atoms with E-state index in [-0.39, 0.29) is 34.1 Å². The molecule has 1 saturated carbocycles. The van der Waals surface area contributed by atoms with Gasteiger partial charge in [0, 0.05) is 28.3 Å². The first-order valence-electron chi connectivity index (χ1n) is 14.3. The van der Waals surface area contributed by atoms with Gasteiger partial charge in [0.25, 0.3) is 0 Å². The molecule has 0 aliphatic heterocycles. The topological polar surface area (TPSA) is 39.2 Å². The maximum absolute atomic E-state index is 14.4. The zero-order valence-electron chi connectivity index (χ0n) is 24.5. The van der Waals surface area contributed by atoms with Crippen LogP contribution in [0.4, 0.5) is 4.39 Å². The Labute approximate surface area is 238 Å². The van der Waals surface area contributed by atoms with Gasteiger partial charge >= 0.3 is 0 Å². The molecule has 3 aromatic rings. The van der Waals surface area contributed by atoms with Crippen molar-refractivity contribution >= 4 is 25.4 Å². The van der Waals surface area contributed by atoms with Gasteiger partial charge in [0.05, 0.1) is 17.4 Å². The highest BCUT2D eigenvalue weighted by atomic mass is 32.1. The van der Waals surface area contributed by atoms with Crippen LogP contribution in [0, 0.1) is 11.2 Å². The highest BCUT2D eigenvalue weighted by Crippen LogP contribution is 2.52. The molecule has 6 heteroatoms. The normalized spacial score (nSPS) is 19.7. The number of carbonyl (C=O) groups excluding carboxylic acids is 1. The van der Waals surface area contributed by atoms with Gasteiger partial charge in [0.15, 0.2) is 14.1 Å². The lowest BCUT2D eigenvalue weighted by Gasteiger charge is -2.45. The van der Waals surface area contributed by atoms with Crippen LogP contribution in [0.1, 0.15) is 112 Å². The third kappa shape index (κ3) is 5.57. The lowest BCUT2D eigenvalue weighted by molar-refractivity contribution is 0.102. The van der Waals surface area contributed by atoms with Crippen molar-refractivity contribution in [3.63, 3.8) is 0 Å². The molecule has 0 amide bonds. The first kappa shape index (κ1) is 28.4. The number of hydrogen-bond donors (Lipinski definition) is 0. The van der Waals surface area contributed by atoms with Crippen LogP contribution in [-0.4, -0.2) is 19.1 Å². The van der Waals surface area contributed by atoms with E-state index in [1.54, 1.807) is 23.5 Å². The molecule has 0 saturated heterocycles. The molecule has 2 heterocycles. The van der Waals surface area contributed by atoms with Crippen LogP contribution in [-0.2, 0) is 10.8 Å². The molecule has 2 aromatic heterocycles. The summed E-state index contributed by atoms with van der Waals surface area (Å²) in [5.41, 5.74) is 6.43. The van der Waals surface area contributed by atoms with Crippen LogP contribution >= 0.6 is 11.3 Å². The molecule has 0 unspecified atom stereocenters. The van der Waals surface area contributed by atoms with E-state index in [0.717, 1.165) is 66.6 Å². The SMILES string of the molecule is CC1(C)Cc2nc(C3CCCC3)c(C(=O)c3ccc(F)cc3)c(-c3ccsc3)c2[C@@H](O[Si](C)(C)C(C)(C)C)C1. The molecule has 5 rings (SSSR count). The predicted octanol–water partition coefficient (Wildman–Crippen LogP) is 9.87. The van der Waals surface area contributed by atoms with Gasteiger partial charge in [0.2, 0.25) is 0 Å². The van der Waals surface area contributed by atoms with Gasteiger partial charge in [-0.1, -0.05) is 47.5 Å². The Morgan fingerprint density at radius 1 is 1.10 bits per heavy atom. The van der Waals surface area contributed by atoms with Crippen LogP contribution in [0.5, 0.6) is 0 Å². The fraction of sp³-hybridized carbons (Fsp3) is 0.515. The first-order chi connectivity index (χ1) is 18.3. The summed E-state index contributed by atoms with van der Waals surface area (Å²) in [5.74, 6) is -0.143. The second-order valence-corrected chi connectivity index (χ2v) is 19.4. The van der Waals surface area contributed by atoms with E-state index in [1.807, 2.05) is 0 Å². The fourth-order valence-electron chi connectivity index (χ4n) is 6.09. The summed E-state index contributed by atoms with van der Waals surface area (Å²) in [6.07, 6.45) is 6.02. The molecule has 2 aliphatic rings. The molecule has 0 N–H and O–H groups in total. The smallest absolute Gasteiger partial charge is 0.195 e. The molecular weight excluding hydrogens is 522 g/mol. The van der Waals surface area contributed by atoms with E-state index < -0.39 is 8.32 Å². The quantitative estimate of drug-likeness (QED) is 0.221. The molecule has 1 aromatic carbocycles. The second kappa shape index (κ2) is 10.4. The molecule has 0 spiro atoms. The number of aromatic nitrogens is 1. The van der Waals surface area contributed by atoms with Gasteiger partial charge in [-0.2, -0.15) is 11.3 Å². The summed E-state index contributed by atoms with van der Waals surface area (Å²) in [6, 6.07) is 8.11. The van der Waals surface area contributed by atoms with Gasteiger partial charge in [-0.3, -0.25) is 9.78 Å². The van der Waals surface area contributed by atoms with E-state index in [9.17, 15) is 9.18 Å². The average Bonchev–Trinajstić information content (AvgIpc) is 3.56. The number of benzene rings is 1. The Balaban J connectivity index is 1.81. The zero-order valence-corrected chi connectivity index (χ0v) is 26.3. The number of fused-ring (bicyclic) bond motifs is 1. The molecule has 1 fully saturated rings. The number of ketones is 1. The number of nitrogens with zero attached hydrogens (tertiary/aromatic N) is 1. The highest BCUT2D eigenvalue weighted by molar-refractivity contribution is 7.08. The minimum absolute atomic E-state index is 0.0361. The molecule has 39 heavy (non-hydrogen) atoms. The fourth-order valence-corrected chi connectivity index (χ4v) is 8.00. The summed E-state index contributed by atoms with van der Waals surface area (Å²) in [6.45, 7) is 16.1. The Bertz CT molecular complexity index is 1350. The predicted molar refractivity (Wildman–Crippen MR) is 162 cm³/mol. The Hall–Kier alpha value is -2.15. The minimum Gasteiger partial charge on any atom is -0.410 e. The second-order valence-electron chi connectivity index (χ2n) is 13.8. The number of halogens is 1. The molecule has 2 aliphatic carbocycles. The maximum Gasteiger partial charge on any atom is 0.195 e. The Morgan fingerprint density at radius 2 is 1.77 bits per heavy atom. The summed E-state index contributed by atoms with van der Waals surface area (Å²) >= 11 is 1.65. The number of rotatable bonds is 6. The summed E-state index contributed by atoms with van der Waals surface area (Å²) in [4.78, 5) is 19.8. The Kier molecular flexibility index (Phi) is 7.53. The van der Waals surface area contributed by atoms with E-state index in [0.29, 0.717) is 11.1 Å². The molecular formula is C33H42FNO2SSi. The van der Waals surface area contributed by atoms with Gasteiger partial charge in [-0.05, 0) is 95.9 Å². The maximum atomic E-state index is 14.4. The first-order valence-corrected chi connectivity index (χ1v) is 18.2. The summed E-state index contributed by atoms with van der Waals surface area (Å²) in [7, 11) is -2.14. The molecule has 208 valence electrons. The van der Waals surface area contributed by atoms with Crippen LogP contribution in [0.15, 0.2) is 41.1 Å². The molecule has 1 atom stereocenters. The van der Waals surface area contributed by atoms with Crippen molar-refractivity contribution in [1.29, 1.82) is 0 Å². The summed E-state index contributed by atoms with van der Waals surface area (Å²) < 4.78 is 21.1. The lowest BCUT2D eigenvalue weighted by atomic mass is 9.71. The number of carbonyl (C=O) groups is 1. The average molecular weight is 564 g/mol. The lowest BCUT2D eigenvalue weighted by Crippen LogP contribution is -2.44. The summed E-state index contributed by atoms with van der Waals surface area (Å²) in [5, 5.41) is 4.29. The van der Waals surface area contributed by atoms with E-state index in [4.69, 9.17) is 9.41 Å². The van der Waals surface area contributed by atoms with Crippen LogP contribution < -0.4 is 0 Å². The molecule has 3 nitrogen and oxygen atoms in total. The molecule has 0 radical (unpaired) electrons. The van der Waals surface area contributed by atoms with Crippen molar-refractivity contribution < 1.29 is 13.6 Å². The van der Waals surface area contributed by atoms with Crippen molar-refractivity contribution in [2.45, 2.75) is 103 Å². The zero-order chi connectivity index (χ0) is 28.2. The van der Waals surface area contributed by atoms with Crippen molar-refractivity contribution in [3.05, 3.63) is 75.0 Å². The van der Waals surface area contributed by atoms with Gasteiger partial charge in [-0.25, -0.2) is 4.39 Å². The standard InChI is InChI=1S/C33H42FNO2SSi/c1-32(2,3)39(6,7)37-26-19-33(4,5)18-25-28(26)27(23-16-17-38-20-23)29(30(35-25)21-10-8-9-11-21)31(36)22-12-14-24(34)15-13-22/h12-17,20-21,26H,8-11,18-19H2,1-7H3/t26-/m0/s1. The van der Waals surface area contributed by atoms with Crippen LogP contribution in [0.2, 0.25) is 18.1 Å². The van der Waals surface area contributed by atoms with E-state index >= 15 is 0 Å². The number of thiophene rings is 1. The van der Waals surface area contributed by atoms with Crippen LogP contribution in [0.3, 0.4) is 0 Å². The van der Waals surface area contributed by atoms with Gasteiger partial charge in [-0.15, -0.1) is 0 Å². The Morgan fingerprint density at radius 3 is 2.36 bits per heavy atom. The van der Waals surface area contributed by atoms with E-state index in [2.05, 4.69) is 64.5 Å². The number of pyridine rings is 1. The van der Waals surface area contributed by atoms with Crippen molar-refractivity contribution in [1.82, 2.24) is 4.98 Å². The monoisotopic (exact) mass is 563 g/mol. The molecule has 0 bridgehead atoms.